The lowest BCUT2D eigenvalue weighted by molar-refractivity contribution is -0.135. The minimum Gasteiger partial charge on any atom is -0.465 e. The van der Waals surface area contributed by atoms with E-state index in [-0.39, 0.29) is 5.97 Å². The number of allylic oxidation sites excluding steroid dienone is 8. The van der Waals surface area contributed by atoms with Gasteiger partial charge in [0.2, 0.25) is 0 Å². The van der Waals surface area contributed by atoms with Gasteiger partial charge < -0.3 is 9.46 Å². The second-order valence-corrected chi connectivity index (χ2v) is 3.91. The molecule has 0 atom stereocenters. The van der Waals surface area contributed by atoms with E-state index in [1.54, 1.807) is 18.4 Å². The van der Waals surface area contributed by atoms with E-state index in [1.807, 2.05) is 47.9 Å². The minimum atomic E-state index is -0.376. The summed E-state index contributed by atoms with van der Waals surface area (Å²) >= 11 is 1.37. The molecule has 0 saturated heterocycles. The molecule has 18 heavy (non-hydrogen) atoms. The molecule has 0 bridgehead atoms. The Balaban J connectivity index is 2.82. The fourth-order valence-corrected chi connectivity index (χ4v) is 1.50. The first-order valence-electron chi connectivity index (χ1n) is 5.37. The number of carbonyl (C=O) groups excluding carboxylic acids is 1. The lowest BCUT2D eigenvalue weighted by atomic mass is 10.2. The molecule has 1 aliphatic heterocycles. The van der Waals surface area contributed by atoms with Crippen LogP contribution >= 0.6 is 11.9 Å². The van der Waals surface area contributed by atoms with Gasteiger partial charge in [-0.1, -0.05) is 48.6 Å². The molecule has 0 spiro atoms. The first-order chi connectivity index (χ1) is 8.84. The summed E-state index contributed by atoms with van der Waals surface area (Å²) in [5, 5.41) is 1.88. The van der Waals surface area contributed by atoms with Crippen molar-refractivity contribution in [3.8, 4) is 0 Å². The lowest BCUT2D eigenvalue weighted by Crippen LogP contribution is -2.05. The Morgan fingerprint density at radius 3 is 2.33 bits per heavy atom. The fraction of sp³-hybridized carbons (Fsp3) is 0.0714. The molecule has 0 aromatic heterocycles. The molecule has 1 N–H and O–H groups in total. The van der Waals surface area contributed by atoms with Gasteiger partial charge in [-0.05, 0) is 23.4 Å². The van der Waals surface area contributed by atoms with Gasteiger partial charge in [-0.2, -0.15) is 0 Å². The van der Waals surface area contributed by atoms with E-state index < -0.39 is 0 Å². The molecule has 0 saturated carbocycles. The van der Waals surface area contributed by atoms with Crippen LogP contribution in [0.2, 0.25) is 0 Å². The van der Waals surface area contributed by atoms with Gasteiger partial charge in [0.25, 0.3) is 0 Å². The molecule has 0 aromatic rings. The summed E-state index contributed by atoms with van der Waals surface area (Å²) < 4.78 is 7.63. The van der Waals surface area contributed by atoms with E-state index >= 15 is 0 Å². The van der Waals surface area contributed by atoms with Crippen molar-refractivity contribution in [1.82, 2.24) is 4.72 Å². The average Bonchev–Trinajstić information content (AvgIpc) is 2.40. The van der Waals surface area contributed by atoms with Crippen LogP contribution in [0.4, 0.5) is 0 Å². The topological polar surface area (TPSA) is 38.3 Å². The van der Waals surface area contributed by atoms with E-state index in [2.05, 4.69) is 9.46 Å². The maximum atomic E-state index is 11.4. The summed E-state index contributed by atoms with van der Waals surface area (Å²) in [7, 11) is 1.36. The molecule has 0 amide bonds. The number of esters is 1. The first-order valence-corrected chi connectivity index (χ1v) is 6.25. The van der Waals surface area contributed by atoms with Gasteiger partial charge in [0.05, 0.1) is 12.7 Å². The highest BCUT2D eigenvalue weighted by Gasteiger charge is 2.04. The monoisotopic (exact) mass is 261 g/mol. The number of hydrogen-bond acceptors (Lipinski definition) is 4. The van der Waals surface area contributed by atoms with Crippen molar-refractivity contribution in [2.24, 2.45) is 0 Å². The predicted octanol–water partition coefficient (Wildman–Crippen LogP) is 3.03. The molecule has 4 heteroatoms. The van der Waals surface area contributed by atoms with E-state index in [9.17, 15) is 4.79 Å². The predicted molar refractivity (Wildman–Crippen MR) is 76.5 cm³/mol. The summed E-state index contributed by atoms with van der Waals surface area (Å²) in [6, 6.07) is 0. The first kappa shape index (κ1) is 14.1. The number of ether oxygens (including phenoxy) is 1. The van der Waals surface area contributed by atoms with E-state index in [0.29, 0.717) is 5.57 Å². The zero-order valence-corrected chi connectivity index (χ0v) is 10.9. The Bertz CT molecular complexity index is 443. The van der Waals surface area contributed by atoms with Crippen LogP contribution in [0.1, 0.15) is 0 Å². The summed E-state index contributed by atoms with van der Waals surface area (Å²) in [6.45, 7) is 0. The molecule has 0 aromatic carbocycles. The van der Waals surface area contributed by atoms with Crippen LogP contribution in [0, 0.1) is 0 Å². The molecule has 0 radical (unpaired) electrons. The minimum absolute atomic E-state index is 0.376. The smallest absolute Gasteiger partial charge is 0.339 e. The molecule has 1 heterocycles. The van der Waals surface area contributed by atoms with Crippen molar-refractivity contribution in [3.05, 3.63) is 71.9 Å². The van der Waals surface area contributed by atoms with Crippen LogP contribution in [0.5, 0.6) is 0 Å². The third kappa shape index (κ3) is 5.96. The Hall–Kier alpha value is -1.94. The lowest BCUT2D eigenvalue weighted by Gasteiger charge is -2.00. The molecular formula is C14H15NO2S. The average molecular weight is 261 g/mol. The Morgan fingerprint density at radius 1 is 1.06 bits per heavy atom. The van der Waals surface area contributed by atoms with Crippen LogP contribution in [0.15, 0.2) is 71.9 Å². The Kier molecular flexibility index (Phi) is 7.16. The van der Waals surface area contributed by atoms with Crippen molar-refractivity contribution in [2.75, 3.05) is 7.11 Å². The molecule has 0 aliphatic carbocycles. The van der Waals surface area contributed by atoms with E-state index in [1.165, 1.54) is 19.1 Å². The van der Waals surface area contributed by atoms with Crippen molar-refractivity contribution < 1.29 is 9.53 Å². The number of hydrogen-bond donors (Lipinski definition) is 1. The molecular weight excluding hydrogens is 246 g/mol. The summed E-state index contributed by atoms with van der Waals surface area (Å²) in [4.78, 5) is 11.4. The third-order valence-electron chi connectivity index (χ3n) is 1.90. The number of carbonyl (C=O) groups is 1. The fourth-order valence-electron chi connectivity index (χ4n) is 1.06. The zero-order chi connectivity index (χ0) is 13.1. The quantitative estimate of drug-likeness (QED) is 0.581. The SMILES string of the molecule is COC(=O)C1=CNS/C=C/C=C\C=C\C=C\C=C1. The van der Waals surface area contributed by atoms with Gasteiger partial charge in [0.1, 0.15) is 0 Å². The van der Waals surface area contributed by atoms with Crippen molar-refractivity contribution >= 4 is 17.9 Å². The van der Waals surface area contributed by atoms with Crippen molar-refractivity contribution in [2.45, 2.75) is 0 Å². The van der Waals surface area contributed by atoms with Gasteiger partial charge in [-0.3, -0.25) is 0 Å². The number of rotatable bonds is 1. The second-order valence-electron chi connectivity index (χ2n) is 3.17. The van der Waals surface area contributed by atoms with Crippen LogP contribution in [0.3, 0.4) is 0 Å². The highest BCUT2D eigenvalue weighted by Crippen LogP contribution is 2.03. The van der Waals surface area contributed by atoms with E-state index in [0.717, 1.165) is 0 Å². The van der Waals surface area contributed by atoms with Gasteiger partial charge in [-0.15, -0.1) is 0 Å². The summed E-state index contributed by atoms with van der Waals surface area (Å²) in [5.41, 5.74) is 0.458. The highest BCUT2D eigenvalue weighted by atomic mass is 32.2. The van der Waals surface area contributed by atoms with Crippen LogP contribution in [0.25, 0.3) is 0 Å². The summed E-state index contributed by atoms with van der Waals surface area (Å²) in [6.07, 6.45) is 18.4. The standard InChI is InChI=1S/C14H15NO2S/c1-17-14(16)13-10-8-6-4-2-3-5-7-9-11-18-15-12-13/h2-12,15H,1H3/b3-2+,6-4+,7-5-,10-8?,11-9+,13-12?. The number of nitrogens with one attached hydrogen (secondary N) is 1. The normalized spacial score (nSPS) is 22.8. The maximum absolute atomic E-state index is 11.4. The van der Waals surface area contributed by atoms with Gasteiger partial charge in [0.15, 0.2) is 0 Å². The molecule has 0 unspecified atom stereocenters. The molecule has 3 nitrogen and oxygen atoms in total. The Morgan fingerprint density at radius 2 is 1.67 bits per heavy atom. The van der Waals surface area contributed by atoms with Gasteiger partial charge in [0, 0.05) is 6.20 Å². The van der Waals surface area contributed by atoms with Crippen LogP contribution < -0.4 is 4.72 Å². The largest absolute Gasteiger partial charge is 0.465 e. The third-order valence-corrected chi connectivity index (χ3v) is 2.45. The van der Waals surface area contributed by atoms with Crippen molar-refractivity contribution in [3.63, 3.8) is 0 Å². The number of methoxy groups -OCH3 is 1. The van der Waals surface area contributed by atoms with Gasteiger partial charge >= 0.3 is 5.97 Å². The molecule has 1 rings (SSSR count). The second kappa shape index (κ2) is 9.13. The maximum Gasteiger partial charge on any atom is 0.339 e. The van der Waals surface area contributed by atoms with Crippen molar-refractivity contribution in [1.29, 1.82) is 0 Å². The molecule has 0 fully saturated rings. The molecule has 1 aliphatic rings. The van der Waals surface area contributed by atoms with Gasteiger partial charge in [-0.25, -0.2) is 4.79 Å². The zero-order valence-electron chi connectivity index (χ0n) is 10.1. The highest BCUT2D eigenvalue weighted by molar-refractivity contribution is 8.00. The van der Waals surface area contributed by atoms with Crippen LogP contribution in [-0.2, 0) is 9.53 Å². The summed E-state index contributed by atoms with van der Waals surface area (Å²) in [5.74, 6) is -0.376. The van der Waals surface area contributed by atoms with Crippen LogP contribution in [-0.4, -0.2) is 13.1 Å². The Labute approximate surface area is 111 Å². The molecule has 94 valence electrons. The van der Waals surface area contributed by atoms with E-state index in [4.69, 9.17) is 0 Å².